The summed E-state index contributed by atoms with van der Waals surface area (Å²) >= 11 is 0. The molecule has 0 radical (unpaired) electrons. The number of hydrogen-bond donors (Lipinski definition) is 0. The summed E-state index contributed by atoms with van der Waals surface area (Å²) in [7, 11) is 0. The monoisotopic (exact) mass is 276 g/mol. The molecular weight excluding hydrogens is 256 g/mol. The molecular formula is C16H20O4. The molecule has 0 aliphatic carbocycles. The largest absolute Gasteiger partial charge is 0.466 e. The molecule has 2 rings (SSSR count). The fraction of sp³-hybridized carbons (Fsp3) is 0.438. The molecule has 4 nitrogen and oxygen atoms in total. The predicted octanol–water partition coefficient (Wildman–Crippen LogP) is 3.75. The molecule has 0 saturated heterocycles. The molecule has 0 atom stereocenters. The summed E-state index contributed by atoms with van der Waals surface area (Å²) < 4.78 is 16.5. The van der Waals surface area contributed by atoms with Crippen molar-refractivity contribution < 1.29 is 18.4 Å². The highest BCUT2D eigenvalue weighted by atomic mass is 16.5. The van der Waals surface area contributed by atoms with Crippen molar-refractivity contribution in [2.75, 3.05) is 6.61 Å². The molecule has 0 fully saturated rings. The van der Waals surface area contributed by atoms with E-state index in [0.29, 0.717) is 18.1 Å². The third-order valence-corrected chi connectivity index (χ3v) is 3.37. The zero-order valence-corrected chi connectivity index (χ0v) is 12.4. The van der Waals surface area contributed by atoms with Crippen LogP contribution >= 0.6 is 0 Å². The SMILES string of the molecule is CCOC(=O)CC(C)(c1ccc(C)o1)c1ccc(C)o1. The quantitative estimate of drug-likeness (QED) is 0.780. The molecule has 4 heteroatoms. The van der Waals surface area contributed by atoms with Gasteiger partial charge in [-0.1, -0.05) is 0 Å². The van der Waals surface area contributed by atoms with E-state index < -0.39 is 5.41 Å². The number of ether oxygens (including phenoxy) is 1. The van der Waals surface area contributed by atoms with E-state index in [0.717, 1.165) is 11.5 Å². The maximum absolute atomic E-state index is 11.9. The first-order valence-corrected chi connectivity index (χ1v) is 6.75. The van der Waals surface area contributed by atoms with Gasteiger partial charge in [-0.3, -0.25) is 4.79 Å². The number of esters is 1. The highest BCUT2D eigenvalue weighted by Gasteiger charge is 2.38. The Hall–Kier alpha value is -1.97. The van der Waals surface area contributed by atoms with Gasteiger partial charge in [-0.05, 0) is 52.0 Å². The molecule has 0 amide bonds. The number of carbonyl (C=O) groups is 1. The lowest BCUT2D eigenvalue weighted by Gasteiger charge is -2.24. The molecule has 2 aromatic rings. The van der Waals surface area contributed by atoms with Crippen LogP contribution in [-0.2, 0) is 14.9 Å². The second-order valence-electron chi connectivity index (χ2n) is 5.13. The molecule has 2 heterocycles. The Labute approximate surface area is 118 Å². The molecule has 0 aliphatic heterocycles. The van der Waals surface area contributed by atoms with Crippen molar-refractivity contribution in [2.24, 2.45) is 0 Å². The van der Waals surface area contributed by atoms with Crippen LogP contribution in [0.25, 0.3) is 0 Å². The van der Waals surface area contributed by atoms with Crippen LogP contribution in [0.2, 0.25) is 0 Å². The summed E-state index contributed by atoms with van der Waals surface area (Å²) in [4.78, 5) is 11.9. The van der Waals surface area contributed by atoms with E-state index in [1.807, 2.05) is 45.0 Å². The zero-order chi connectivity index (χ0) is 14.8. The first-order chi connectivity index (χ1) is 9.45. The molecule has 20 heavy (non-hydrogen) atoms. The van der Waals surface area contributed by atoms with Gasteiger partial charge in [-0.15, -0.1) is 0 Å². The summed E-state index contributed by atoms with van der Waals surface area (Å²) in [5.74, 6) is 2.75. The minimum atomic E-state index is -0.658. The molecule has 0 N–H and O–H groups in total. The fourth-order valence-corrected chi connectivity index (χ4v) is 2.26. The highest BCUT2D eigenvalue weighted by Crippen LogP contribution is 2.37. The summed E-state index contributed by atoms with van der Waals surface area (Å²) in [5, 5.41) is 0. The summed E-state index contributed by atoms with van der Waals surface area (Å²) in [5.41, 5.74) is -0.658. The Morgan fingerprint density at radius 2 is 1.60 bits per heavy atom. The van der Waals surface area contributed by atoms with Crippen LogP contribution in [0.15, 0.2) is 33.1 Å². The number of aryl methyl sites for hydroxylation is 2. The van der Waals surface area contributed by atoms with Crippen LogP contribution in [0.5, 0.6) is 0 Å². The van der Waals surface area contributed by atoms with E-state index in [4.69, 9.17) is 13.6 Å². The predicted molar refractivity (Wildman–Crippen MR) is 74.6 cm³/mol. The van der Waals surface area contributed by atoms with Crippen LogP contribution in [-0.4, -0.2) is 12.6 Å². The normalized spacial score (nSPS) is 11.6. The lowest BCUT2D eigenvalue weighted by atomic mass is 9.81. The van der Waals surface area contributed by atoms with E-state index in [-0.39, 0.29) is 12.4 Å². The van der Waals surface area contributed by atoms with Gasteiger partial charge in [0.1, 0.15) is 23.0 Å². The number of furan rings is 2. The Morgan fingerprint density at radius 3 is 1.95 bits per heavy atom. The third-order valence-electron chi connectivity index (χ3n) is 3.37. The lowest BCUT2D eigenvalue weighted by molar-refractivity contribution is -0.144. The second-order valence-corrected chi connectivity index (χ2v) is 5.13. The van der Waals surface area contributed by atoms with E-state index in [9.17, 15) is 4.79 Å². The van der Waals surface area contributed by atoms with Gasteiger partial charge in [0.05, 0.1) is 18.4 Å². The van der Waals surface area contributed by atoms with Crippen molar-refractivity contribution in [1.82, 2.24) is 0 Å². The topological polar surface area (TPSA) is 52.6 Å². The van der Waals surface area contributed by atoms with Crippen molar-refractivity contribution >= 4 is 5.97 Å². The van der Waals surface area contributed by atoms with Gasteiger partial charge < -0.3 is 13.6 Å². The van der Waals surface area contributed by atoms with Gasteiger partial charge in [0.25, 0.3) is 0 Å². The minimum Gasteiger partial charge on any atom is -0.466 e. The molecule has 0 aromatic carbocycles. The van der Waals surface area contributed by atoms with Gasteiger partial charge in [-0.2, -0.15) is 0 Å². The fourth-order valence-electron chi connectivity index (χ4n) is 2.26. The molecule has 0 spiro atoms. The van der Waals surface area contributed by atoms with Crippen molar-refractivity contribution in [3.63, 3.8) is 0 Å². The summed E-state index contributed by atoms with van der Waals surface area (Å²) in [6.07, 6.45) is 0.181. The van der Waals surface area contributed by atoms with E-state index in [1.165, 1.54) is 0 Å². The summed E-state index contributed by atoms with van der Waals surface area (Å²) in [6, 6.07) is 7.53. The molecule has 0 unspecified atom stereocenters. The Morgan fingerprint density at radius 1 is 1.10 bits per heavy atom. The van der Waals surface area contributed by atoms with Crippen LogP contribution in [0.4, 0.5) is 0 Å². The van der Waals surface area contributed by atoms with Crippen molar-refractivity contribution in [3.8, 4) is 0 Å². The average molecular weight is 276 g/mol. The first kappa shape index (κ1) is 14.4. The maximum atomic E-state index is 11.9. The van der Waals surface area contributed by atoms with Crippen LogP contribution < -0.4 is 0 Å². The van der Waals surface area contributed by atoms with Gasteiger partial charge >= 0.3 is 5.97 Å². The number of carbonyl (C=O) groups excluding carboxylic acids is 1. The minimum absolute atomic E-state index is 0.181. The van der Waals surface area contributed by atoms with Gasteiger partial charge in [-0.25, -0.2) is 0 Å². The van der Waals surface area contributed by atoms with Crippen molar-refractivity contribution in [3.05, 3.63) is 47.3 Å². The highest BCUT2D eigenvalue weighted by molar-refractivity contribution is 5.72. The van der Waals surface area contributed by atoms with Gasteiger partial charge in [0, 0.05) is 0 Å². The van der Waals surface area contributed by atoms with Crippen LogP contribution in [0.1, 0.15) is 43.3 Å². The molecule has 2 aromatic heterocycles. The van der Waals surface area contributed by atoms with Crippen molar-refractivity contribution in [1.29, 1.82) is 0 Å². The van der Waals surface area contributed by atoms with Gasteiger partial charge in [0.2, 0.25) is 0 Å². The van der Waals surface area contributed by atoms with Gasteiger partial charge in [0.15, 0.2) is 0 Å². The third kappa shape index (κ3) is 2.79. The molecule has 0 bridgehead atoms. The summed E-state index contributed by atoms with van der Waals surface area (Å²) in [6.45, 7) is 7.84. The number of hydrogen-bond acceptors (Lipinski definition) is 4. The second kappa shape index (κ2) is 5.57. The van der Waals surface area contributed by atoms with Crippen molar-refractivity contribution in [2.45, 2.75) is 39.5 Å². The Balaban J connectivity index is 2.40. The molecule has 108 valence electrons. The maximum Gasteiger partial charge on any atom is 0.307 e. The van der Waals surface area contributed by atoms with Crippen LogP contribution in [0.3, 0.4) is 0 Å². The molecule has 0 aliphatic rings. The molecule has 0 saturated carbocycles. The van der Waals surface area contributed by atoms with Crippen LogP contribution in [0, 0.1) is 13.8 Å². The van der Waals surface area contributed by atoms with E-state index in [1.54, 1.807) is 6.92 Å². The zero-order valence-electron chi connectivity index (χ0n) is 12.4. The standard InChI is InChI=1S/C16H20O4/c1-5-18-15(17)10-16(4,13-8-6-11(2)19-13)14-9-7-12(3)20-14/h6-9H,5,10H2,1-4H3. The average Bonchev–Trinajstić information content (AvgIpc) is 2.98. The smallest absolute Gasteiger partial charge is 0.307 e. The first-order valence-electron chi connectivity index (χ1n) is 6.75. The van der Waals surface area contributed by atoms with E-state index >= 15 is 0 Å². The number of rotatable bonds is 5. The Bertz CT molecular complexity index is 551. The van der Waals surface area contributed by atoms with E-state index in [2.05, 4.69) is 0 Å². The lowest BCUT2D eigenvalue weighted by Crippen LogP contribution is -2.27. The Kier molecular flexibility index (Phi) is 4.02.